The van der Waals surface area contributed by atoms with E-state index in [1.165, 1.54) is 12.1 Å². The number of anilines is 2. The first kappa shape index (κ1) is 25.1. The summed E-state index contributed by atoms with van der Waals surface area (Å²) in [5.41, 5.74) is 1.15. The lowest BCUT2D eigenvalue weighted by atomic mass is 10.0. The van der Waals surface area contributed by atoms with Crippen LogP contribution in [-0.4, -0.2) is 62.8 Å². The van der Waals surface area contributed by atoms with Crippen molar-refractivity contribution < 1.29 is 18.7 Å². The Morgan fingerprint density at radius 3 is 2.62 bits per heavy atom. The Hall–Kier alpha value is -4.22. The second kappa shape index (κ2) is 8.92. The fourth-order valence-electron chi connectivity index (χ4n) is 5.28. The number of amides is 1. The molecule has 0 bridgehead atoms. The molecule has 3 N–H and O–H groups in total. The number of ether oxygens (including phenoxy) is 2. The maximum Gasteiger partial charge on any atom is 0.407 e. The summed E-state index contributed by atoms with van der Waals surface area (Å²) in [6, 6.07) is 2.90. The van der Waals surface area contributed by atoms with E-state index >= 15 is 0 Å². The Labute approximate surface area is 224 Å². The van der Waals surface area contributed by atoms with Gasteiger partial charge in [0, 0.05) is 30.9 Å². The number of benzene rings is 1. The molecule has 12 heteroatoms. The van der Waals surface area contributed by atoms with Crippen LogP contribution in [-0.2, 0) is 4.74 Å². The molecule has 204 valence electrons. The van der Waals surface area contributed by atoms with Crippen molar-refractivity contribution in [2.24, 2.45) is 5.41 Å². The zero-order valence-electron chi connectivity index (χ0n) is 22.6. The zero-order valence-corrected chi connectivity index (χ0v) is 22.6. The standard InChI is InChI=1S/C27H31FN8O3/c1-14-30-10-16(11-31-14)38-24-34-22-20(17-8-15(28)9-18(29-5)21(17)33-22)23(35-24)36-12-19(27(13-36)6-7-27)32-25(37)39-26(2,3)4/h8-11,19,29H,6-7,12-13H2,1-5H3,(H,32,37)(H,33,34,35)/t19-/m0/s1. The molecule has 1 spiro atoms. The molecule has 1 amide bonds. The van der Waals surface area contributed by atoms with Crippen molar-refractivity contribution >= 4 is 39.5 Å². The van der Waals surface area contributed by atoms with Crippen molar-refractivity contribution in [2.75, 3.05) is 30.4 Å². The molecule has 1 aliphatic carbocycles. The first-order chi connectivity index (χ1) is 18.5. The van der Waals surface area contributed by atoms with Gasteiger partial charge in [-0.2, -0.15) is 9.97 Å². The molecule has 1 atom stereocenters. The van der Waals surface area contributed by atoms with Crippen LogP contribution in [0.25, 0.3) is 21.9 Å². The van der Waals surface area contributed by atoms with Gasteiger partial charge >= 0.3 is 12.1 Å². The van der Waals surface area contributed by atoms with E-state index < -0.39 is 11.7 Å². The van der Waals surface area contributed by atoms with E-state index in [9.17, 15) is 9.18 Å². The number of hydrogen-bond donors (Lipinski definition) is 3. The van der Waals surface area contributed by atoms with Crippen LogP contribution in [0.3, 0.4) is 0 Å². The van der Waals surface area contributed by atoms with Gasteiger partial charge in [-0.05, 0) is 52.7 Å². The van der Waals surface area contributed by atoms with E-state index in [1.54, 1.807) is 26.4 Å². The van der Waals surface area contributed by atoms with Crippen molar-refractivity contribution in [1.29, 1.82) is 0 Å². The van der Waals surface area contributed by atoms with E-state index in [-0.39, 0.29) is 23.3 Å². The number of aryl methyl sites for hydroxylation is 1. The lowest BCUT2D eigenvalue weighted by molar-refractivity contribution is 0.0493. The highest BCUT2D eigenvalue weighted by Gasteiger charge is 2.56. The molecular formula is C27H31FN8O3. The molecule has 1 aliphatic heterocycles. The third kappa shape index (κ3) is 4.75. The summed E-state index contributed by atoms with van der Waals surface area (Å²) in [4.78, 5) is 35.9. The summed E-state index contributed by atoms with van der Waals surface area (Å²) in [6.07, 6.45) is 4.64. The van der Waals surface area contributed by atoms with Crippen molar-refractivity contribution in [3.8, 4) is 11.8 Å². The van der Waals surface area contributed by atoms with Crippen LogP contribution >= 0.6 is 0 Å². The number of aromatic nitrogens is 5. The molecule has 1 saturated heterocycles. The molecular weight excluding hydrogens is 503 g/mol. The Balaban J connectivity index is 1.43. The first-order valence-corrected chi connectivity index (χ1v) is 13.0. The normalized spacial score (nSPS) is 18.1. The topological polar surface area (TPSA) is 130 Å². The van der Waals surface area contributed by atoms with E-state index in [4.69, 9.17) is 14.5 Å². The minimum atomic E-state index is -0.594. The first-order valence-electron chi connectivity index (χ1n) is 13.0. The number of aromatic amines is 1. The minimum absolute atomic E-state index is 0.0759. The molecule has 4 heterocycles. The highest BCUT2D eigenvalue weighted by atomic mass is 19.1. The molecule has 39 heavy (non-hydrogen) atoms. The molecule has 6 rings (SSSR count). The lowest BCUT2D eigenvalue weighted by Gasteiger charge is -2.24. The van der Waals surface area contributed by atoms with Gasteiger partial charge in [0.15, 0.2) is 5.75 Å². The molecule has 2 fully saturated rings. The van der Waals surface area contributed by atoms with Crippen LogP contribution in [0.4, 0.5) is 20.7 Å². The van der Waals surface area contributed by atoms with Gasteiger partial charge in [-0.15, -0.1) is 0 Å². The van der Waals surface area contributed by atoms with Crippen molar-refractivity contribution in [2.45, 2.75) is 52.2 Å². The van der Waals surface area contributed by atoms with E-state index in [0.29, 0.717) is 58.1 Å². The van der Waals surface area contributed by atoms with Gasteiger partial charge in [0.05, 0.1) is 35.0 Å². The largest absolute Gasteiger partial charge is 0.444 e. The van der Waals surface area contributed by atoms with E-state index in [0.717, 1.165) is 12.8 Å². The smallest absolute Gasteiger partial charge is 0.407 e. The average Bonchev–Trinajstić information content (AvgIpc) is 3.43. The van der Waals surface area contributed by atoms with Crippen molar-refractivity contribution in [3.63, 3.8) is 0 Å². The van der Waals surface area contributed by atoms with Gasteiger partial charge in [-0.1, -0.05) is 0 Å². The number of carbonyl (C=O) groups excluding carboxylic acids is 1. The Morgan fingerprint density at radius 2 is 1.95 bits per heavy atom. The monoisotopic (exact) mass is 534 g/mol. The third-order valence-corrected chi connectivity index (χ3v) is 7.25. The van der Waals surface area contributed by atoms with Crippen LogP contribution in [0, 0.1) is 18.2 Å². The molecule has 3 aromatic heterocycles. The number of alkyl carbamates (subject to hydrolysis) is 1. The summed E-state index contributed by atoms with van der Waals surface area (Å²) in [5.74, 6) is 1.24. The fourth-order valence-corrected chi connectivity index (χ4v) is 5.28. The number of fused-ring (bicyclic) bond motifs is 3. The number of carbonyl (C=O) groups is 1. The quantitative estimate of drug-likeness (QED) is 0.334. The minimum Gasteiger partial charge on any atom is -0.444 e. The third-order valence-electron chi connectivity index (χ3n) is 7.25. The van der Waals surface area contributed by atoms with Crippen LogP contribution in [0.5, 0.6) is 11.8 Å². The average molecular weight is 535 g/mol. The fraction of sp³-hybridized carbons (Fsp3) is 0.444. The predicted molar refractivity (Wildman–Crippen MR) is 145 cm³/mol. The lowest BCUT2D eigenvalue weighted by Crippen LogP contribution is -2.44. The van der Waals surface area contributed by atoms with Crippen LogP contribution in [0.15, 0.2) is 24.5 Å². The summed E-state index contributed by atoms with van der Waals surface area (Å²) < 4.78 is 26.2. The number of nitrogens with one attached hydrogen (secondary N) is 3. The summed E-state index contributed by atoms with van der Waals surface area (Å²) >= 11 is 0. The maximum atomic E-state index is 14.7. The van der Waals surface area contributed by atoms with Crippen molar-refractivity contribution in [1.82, 2.24) is 30.2 Å². The Morgan fingerprint density at radius 1 is 1.21 bits per heavy atom. The Kier molecular flexibility index (Phi) is 5.74. The van der Waals surface area contributed by atoms with Gasteiger partial charge < -0.3 is 30.0 Å². The van der Waals surface area contributed by atoms with Crippen LogP contribution in [0.2, 0.25) is 0 Å². The van der Waals surface area contributed by atoms with Gasteiger partial charge in [0.25, 0.3) is 0 Å². The van der Waals surface area contributed by atoms with Gasteiger partial charge in [0.1, 0.15) is 28.7 Å². The highest BCUT2D eigenvalue weighted by Crippen LogP contribution is 2.54. The summed E-state index contributed by atoms with van der Waals surface area (Å²) in [6.45, 7) is 8.50. The van der Waals surface area contributed by atoms with Gasteiger partial charge in [-0.3, -0.25) is 0 Å². The molecule has 0 radical (unpaired) electrons. The molecule has 11 nitrogen and oxygen atoms in total. The van der Waals surface area contributed by atoms with Crippen molar-refractivity contribution in [3.05, 3.63) is 36.2 Å². The number of rotatable bonds is 5. The van der Waals surface area contributed by atoms with E-state index in [1.807, 2.05) is 20.8 Å². The SMILES string of the molecule is CNc1cc(F)cc2c1[nH]c1nc(Oc3cnc(C)nc3)nc(N3C[C@H](NC(=O)OC(C)(C)C)C4(CC4)C3)c12. The second-order valence-electron chi connectivity index (χ2n) is 11.3. The number of hydrogen-bond acceptors (Lipinski definition) is 9. The van der Waals surface area contributed by atoms with Crippen LogP contribution < -0.4 is 20.3 Å². The molecule has 1 saturated carbocycles. The molecule has 0 unspecified atom stereocenters. The van der Waals surface area contributed by atoms with E-state index in [2.05, 4.69) is 35.5 Å². The number of H-pyrrole nitrogens is 1. The van der Waals surface area contributed by atoms with Crippen LogP contribution in [0.1, 0.15) is 39.4 Å². The van der Waals surface area contributed by atoms with Gasteiger partial charge in [-0.25, -0.2) is 19.2 Å². The highest BCUT2D eigenvalue weighted by molar-refractivity contribution is 6.14. The predicted octanol–water partition coefficient (Wildman–Crippen LogP) is 4.68. The number of halogens is 1. The molecule has 2 aliphatic rings. The molecule has 4 aromatic rings. The summed E-state index contributed by atoms with van der Waals surface area (Å²) in [5, 5.41) is 7.47. The van der Waals surface area contributed by atoms with Gasteiger partial charge in [0.2, 0.25) is 0 Å². The molecule has 1 aromatic carbocycles. The number of nitrogens with zero attached hydrogens (tertiary/aromatic N) is 5. The second-order valence-corrected chi connectivity index (χ2v) is 11.3. The zero-order chi connectivity index (χ0) is 27.5. The summed E-state index contributed by atoms with van der Waals surface area (Å²) in [7, 11) is 1.74. The maximum absolute atomic E-state index is 14.7. The Bertz CT molecular complexity index is 1580.